The molecule has 0 bridgehead atoms. The molecule has 1 amide bonds. The number of benzene rings is 1. The van der Waals surface area contributed by atoms with Gasteiger partial charge >= 0.3 is 27.7 Å². The van der Waals surface area contributed by atoms with Crippen molar-refractivity contribution in [3.05, 3.63) is 37.3 Å². The van der Waals surface area contributed by atoms with Crippen molar-refractivity contribution in [1.82, 2.24) is 0 Å². The summed E-state index contributed by atoms with van der Waals surface area (Å²) in [5.41, 5.74) is 1.16. The maximum atomic E-state index is 12.5. The molecular formula is C16H22ClHgNO. The van der Waals surface area contributed by atoms with Crippen LogP contribution in [-0.2, 0) is 32.5 Å². The Bertz CT molecular complexity index is 430. The Balaban J connectivity index is 0.00000180. The van der Waals surface area contributed by atoms with Crippen LogP contribution in [0, 0.1) is 24.2 Å². The molecule has 1 aromatic rings. The molecule has 20 heavy (non-hydrogen) atoms. The summed E-state index contributed by atoms with van der Waals surface area (Å²) in [5.74, 6) is 0.485. The zero-order valence-electron chi connectivity index (χ0n) is 12.6. The van der Waals surface area contributed by atoms with E-state index in [-0.39, 0.29) is 63.2 Å². The van der Waals surface area contributed by atoms with Gasteiger partial charge < -0.3 is 17.3 Å². The third-order valence-corrected chi connectivity index (χ3v) is 3.47. The van der Waals surface area contributed by atoms with Gasteiger partial charge in [-0.05, 0) is 36.8 Å². The van der Waals surface area contributed by atoms with E-state index in [9.17, 15) is 4.79 Å². The van der Waals surface area contributed by atoms with Crippen LogP contribution in [0.3, 0.4) is 0 Å². The summed E-state index contributed by atoms with van der Waals surface area (Å²) in [4.78, 5) is 14.4. The predicted octanol–water partition coefficient (Wildman–Crippen LogP) is 0.537. The number of anilines is 1. The van der Waals surface area contributed by atoms with E-state index in [1.54, 1.807) is 0 Å². The standard InChI is InChI=1S/C16H22NO.ClH.Hg/c1-12-11-17(13-8-6-5-7-9-13)15(18)14(12)10-16(2,3)4;;/h5-9,12,14H,1,10-11H2,2-4H3;1H;/q;;+1/p-1/t12-,14+;;/m1../s1. The van der Waals surface area contributed by atoms with Gasteiger partial charge in [-0.1, -0.05) is 39.0 Å². The molecule has 0 aromatic heterocycles. The van der Waals surface area contributed by atoms with Gasteiger partial charge in [-0.2, -0.15) is 0 Å². The van der Waals surface area contributed by atoms with Crippen molar-refractivity contribution in [1.29, 1.82) is 0 Å². The van der Waals surface area contributed by atoms with Gasteiger partial charge in [0.1, 0.15) is 0 Å². The Kier molecular flexibility index (Phi) is 7.76. The largest absolute Gasteiger partial charge is 1.00 e. The molecule has 0 saturated carbocycles. The quantitative estimate of drug-likeness (QED) is 0.567. The first-order chi connectivity index (χ1) is 8.38. The number of carbonyl (C=O) groups excluding carboxylic acids is 1. The maximum absolute atomic E-state index is 12.5. The van der Waals surface area contributed by atoms with E-state index in [2.05, 4.69) is 27.7 Å². The number of hydrogen-bond acceptors (Lipinski definition) is 1. The molecule has 0 unspecified atom stereocenters. The Labute approximate surface area is 149 Å². The molecule has 0 aliphatic carbocycles. The predicted molar refractivity (Wildman–Crippen MR) is 75.2 cm³/mol. The maximum Gasteiger partial charge on any atom is 1.00 e. The van der Waals surface area contributed by atoms with Crippen LogP contribution in [-0.4, -0.2) is 12.5 Å². The summed E-state index contributed by atoms with van der Waals surface area (Å²) in [6.07, 6.45) is 0.906. The van der Waals surface area contributed by atoms with Gasteiger partial charge in [-0.15, -0.1) is 0 Å². The third-order valence-electron chi connectivity index (χ3n) is 3.47. The van der Waals surface area contributed by atoms with Crippen LogP contribution in [0.4, 0.5) is 5.69 Å². The Morgan fingerprint density at radius 2 is 1.80 bits per heavy atom. The van der Waals surface area contributed by atoms with Crippen LogP contribution in [0.25, 0.3) is 0 Å². The van der Waals surface area contributed by atoms with Crippen molar-refractivity contribution in [3.63, 3.8) is 0 Å². The van der Waals surface area contributed by atoms with Gasteiger partial charge in [0.25, 0.3) is 0 Å². The van der Waals surface area contributed by atoms with Crippen LogP contribution >= 0.6 is 0 Å². The third kappa shape index (κ3) is 4.73. The zero-order chi connectivity index (χ0) is 13.3. The van der Waals surface area contributed by atoms with Crippen LogP contribution in [0.5, 0.6) is 0 Å². The average Bonchev–Trinajstić information content (AvgIpc) is 2.56. The van der Waals surface area contributed by atoms with Crippen molar-refractivity contribution in [2.75, 3.05) is 11.4 Å². The fraction of sp³-hybridized carbons (Fsp3) is 0.500. The fourth-order valence-corrected chi connectivity index (χ4v) is 2.61. The molecule has 2 nitrogen and oxygen atoms in total. The number of carbonyl (C=O) groups is 1. The smallest absolute Gasteiger partial charge is 1.00 e. The van der Waals surface area contributed by atoms with E-state index < -0.39 is 0 Å². The van der Waals surface area contributed by atoms with E-state index >= 15 is 0 Å². The second kappa shape index (κ2) is 7.79. The number of para-hydroxylation sites is 1. The molecule has 4 heteroatoms. The molecule has 2 rings (SSSR count). The van der Waals surface area contributed by atoms with E-state index in [0.29, 0.717) is 0 Å². The van der Waals surface area contributed by atoms with Crippen molar-refractivity contribution < 1.29 is 44.9 Å². The van der Waals surface area contributed by atoms with Crippen LogP contribution in [0.1, 0.15) is 27.2 Å². The van der Waals surface area contributed by atoms with Crippen molar-refractivity contribution in [2.45, 2.75) is 27.2 Å². The Morgan fingerprint density at radius 1 is 1.25 bits per heavy atom. The van der Waals surface area contributed by atoms with Crippen LogP contribution < -0.4 is 17.3 Å². The second-order valence-corrected chi connectivity index (χ2v) is 6.42. The summed E-state index contributed by atoms with van der Waals surface area (Å²) >= 11 is 0. The Morgan fingerprint density at radius 3 is 2.30 bits per heavy atom. The van der Waals surface area contributed by atoms with Gasteiger partial charge in [0, 0.05) is 18.2 Å². The summed E-state index contributed by atoms with van der Waals surface area (Å²) in [7, 11) is 0. The first kappa shape index (κ1) is 19.9. The van der Waals surface area contributed by atoms with Gasteiger partial charge in [0.15, 0.2) is 0 Å². The fourth-order valence-electron chi connectivity index (χ4n) is 2.61. The molecular weight excluding hydrogens is 458 g/mol. The number of halogens is 1. The SMILES string of the molecule is [CH2][C@@H]1CN(c2ccccc2)C(=O)[C@H]1CC(C)(C)C.[Cl-].[Hg+]. The van der Waals surface area contributed by atoms with Gasteiger partial charge in [0.2, 0.25) is 5.91 Å². The first-order valence-corrected chi connectivity index (χ1v) is 6.58. The van der Waals surface area contributed by atoms with E-state index in [1.165, 1.54) is 0 Å². The molecule has 2 radical (unpaired) electrons. The normalized spacial score (nSPS) is 22.2. The molecule has 1 aromatic carbocycles. The Hall–Kier alpha value is -0.0849. The number of rotatable bonds is 2. The monoisotopic (exact) mass is 481 g/mol. The topological polar surface area (TPSA) is 20.3 Å². The minimum Gasteiger partial charge on any atom is -1.00 e. The molecule has 1 fully saturated rings. The molecule has 2 atom stereocenters. The first-order valence-electron chi connectivity index (χ1n) is 6.58. The summed E-state index contributed by atoms with van der Waals surface area (Å²) in [6.45, 7) is 11.4. The van der Waals surface area contributed by atoms with E-state index in [0.717, 1.165) is 18.7 Å². The zero-order valence-corrected chi connectivity index (χ0v) is 18.9. The van der Waals surface area contributed by atoms with Crippen molar-refractivity contribution in [2.24, 2.45) is 17.3 Å². The average molecular weight is 480 g/mol. The van der Waals surface area contributed by atoms with Crippen LogP contribution in [0.15, 0.2) is 30.3 Å². The van der Waals surface area contributed by atoms with Gasteiger partial charge in [0.05, 0.1) is 0 Å². The molecule has 1 saturated heterocycles. The summed E-state index contributed by atoms with van der Waals surface area (Å²) < 4.78 is 0. The molecule has 0 spiro atoms. The molecule has 1 aliphatic rings. The number of nitrogens with zero attached hydrogens (tertiary/aromatic N) is 1. The van der Waals surface area contributed by atoms with Gasteiger partial charge in [-0.3, -0.25) is 4.79 Å². The van der Waals surface area contributed by atoms with E-state index in [4.69, 9.17) is 0 Å². The number of hydrogen-bond donors (Lipinski definition) is 0. The van der Waals surface area contributed by atoms with Crippen molar-refractivity contribution in [3.8, 4) is 0 Å². The summed E-state index contributed by atoms with van der Waals surface area (Å²) in [6, 6.07) is 9.89. The minimum atomic E-state index is 0. The summed E-state index contributed by atoms with van der Waals surface area (Å²) in [5, 5.41) is 0. The van der Waals surface area contributed by atoms with Gasteiger partial charge in [-0.25, -0.2) is 0 Å². The second-order valence-electron chi connectivity index (χ2n) is 6.42. The minimum absolute atomic E-state index is 0. The molecule has 0 N–H and O–H groups in total. The van der Waals surface area contributed by atoms with Crippen LogP contribution in [0.2, 0.25) is 0 Å². The molecule has 106 valence electrons. The molecule has 1 aliphatic heterocycles. The number of amides is 1. The molecule has 1 heterocycles. The van der Waals surface area contributed by atoms with Crippen molar-refractivity contribution >= 4 is 11.6 Å². The van der Waals surface area contributed by atoms with E-state index in [1.807, 2.05) is 35.2 Å².